The summed E-state index contributed by atoms with van der Waals surface area (Å²) in [6.45, 7) is -0.586. The van der Waals surface area contributed by atoms with E-state index in [4.69, 9.17) is 9.15 Å². The fourth-order valence-electron chi connectivity index (χ4n) is 2.90. The van der Waals surface area contributed by atoms with Gasteiger partial charge in [0.1, 0.15) is 17.1 Å². The highest BCUT2D eigenvalue weighted by molar-refractivity contribution is 5.84. The van der Waals surface area contributed by atoms with E-state index >= 15 is 0 Å². The molecule has 0 bridgehead atoms. The molecule has 0 spiro atoms. The highest BCUT2D eigenvalue weighted by Gasteiger charge is 2.30. The summed E-state index contributed by atoms with van der Waals surface area (Å²) in [4.78, 5) is 23.1. The average Bonchev–Trinajstić information content (AvgIpc) is 2.60. The van der Waals surface area contributed by atoms with Gasteiger partial charge in [-0.2, -0.15) is 0 Å². The second-order valence-electron chi connectivity index (χ2n) is 5.46. The SMILES string of the molecule is COc1ccccc1[C@H](C[N+](=O)[O-])c1c(O)c2ccccc2oc1=O. The summed E-state index contributed by atoms with van der Waals surface area (Å²) in [5.74, 6) is -0.932. The first-order valence-corrected chi connectivity index (χ1v) is 7.52. The molecule has 0 fully saturated rings. The van der Waals surface area contributed by atoms with Crippen LogP contribution in [0.25, 0.3) is 11.0 Å². The van der Waals surface area contributed by atoms with E-state index in [1.165, 1.54) is 7.11 Å². The number of hydrogen-bond acceptors (Lipinski definition) is 6. The molecule has 7 heteroatoms. The van der Waals surface area contributed by atoms with Gasteiger partial charge >= 0.3 is 5.63 Å². The first kappa shape index (κ1) is 16.5. The summed E-state index contributed by atoms with van der Waals surface area (Å²) in [5.41, 5.74) is -0.318. The van der Waals surface area contributed by atoms with Crippen LogP contribution in [0.3, 0.4) is 0 Å². The summed E-state index contributed by atoms with van der Waals surface area (Å²) in [6, 6.07) is 13.1. The molecule has 3 rings (SSSR count). The van der Waals surface area contributed by atoms with Crippen LogP contribution in [0.2, 0.25) is 0 Å². The molecule has 1 heterocycles. The van der Waals surface area contributed by atoms with Crippen molar-refractivity contribution >= 4 is 11.0 Å². The van der Waals surface area contributed by atoms with Crippen LogP contribution in [-0.2, 0) is 0 Å². The van der Waals surface area contributed by atoms with Crippen molar-refractivity contribution in [2.45, 2.75) is 5.92 Å². The predicted molar refractivity (Wildman–Crippen MR) is 90.8 cm³/mol. The van der Waals surface area contributed by atoms with Crippen molar-refractivity contribution in [3.05, 3.63) is 80.2 Å². The Bertz CT molecular complexity index is 994. The Balaban J connectivity index is 2.29. The molecular weight excluding hydrogens is 326 g/mol. The molecule has 0 amide bonds. The Morgan fingerprint density at radius 3 is 2.60 bits per heavy atom. The van der Waals surface area contributed by atoms with Crippen molar-refractivity contribution in [1.82, 2.24) is 0 Å². The fraction of sp³-hybridized carbons (Fsp3) is 0.167. The lowest BCUT2D eigenvalue weighted by atomic mass is 9.90. The first-order chi connectivity index (χ1) is 12.0. The van der Waals surface area contributed by atoms with Gasteiger partial charge < -0.3 is 14.3 Å². The van der Waals surface area contributed by atoms with Gasteiger partial charge in [-0.05, 0) is 18.2 Å². The maximum Gasteiger partial charge on any atom is 0.344 e. The van der Waals surface area contributed by atoms with Crippen molar-refractivity contribution in [3.8, 4) is 11.5 Å². The van der Waals surface area contributed by atoms with Crippen molar-refractivity contribution in [2.75, 3.05) is 13.7 Å². The molecule has 1 aromatic heterocycles. The van der Waals surface area contributed by atoms with E-state index in [9.17, 15) is 20.0 Å². The summed E-state index contributed by atoms with van der Waals surface area (Å²) in [6.07, 6.45) is 0. The van der Waals surface area contributed by atoms with E-state index in [1.54, 1.807) is 48.5 Å². The van der Waals surface area contributed by atoms with Crippen LogP contribution in [-0.4, -0.2) is 23.7 Å². The molecule has 128 valence electrons. The second kappa shape index (κ2) is 6.64. The Morgan fingerprint density at radius 1 is 1.20 bits per heavy atom. The molecule has 1 N–H and O–H groups in total. The highest BCUT2D eigenvalue weighted by Crippen LogP contribution is 2.37. The summed E-state index contributed by atoms with van der Waals surface area (Å²) >= 11 is 0. The molecule has 3 aromatic rings. The molecule has 1 atom stereocenters. The van der Waals surface area contributed by atoms with E-state index in [0.717, 1.165) is 0 Å². The Morgan fingerprint density at radius 2 is 1.88 bits per heavy atom. The van der Waals surface area contributed by atoms with Gasteiger partial charge in [0.2, 0.25) is 6.54 Å². The molecule has 0 saturated heterocycles. The minimum absolute atomic E-state index is 0.153. The number of nitro groups is 1. The molecule has 7 nitrogen and oxygen atoms in total. The van der Waals surface area contributed by atoms with Crippen molar-refractivity contribution in [3.63, 3.8) is 0 Å². The lowest BCUT2D eigenvalue weighted by molar-refractivity contribution is -0.481. The number of hydrogen-bond donors (Lipinski definition) is 1. The normalized spacial score (nSPS) is 12.0. The largest absolute Gasteiger partial charge is 0.507 e. The van der Waals surface area contributed by atoms with Gasteiger partial charge in [-0.1, -0.05) is 30.3 Å². The van der Waals surface area contributed by atoms with Gasteiger partial charge in [-0.3, -0.25) is 10.1 Å². The first-order valence-electron chi connectivity index (χ1n) is 7.52. The van der Waals surface area contributed by atoms with Crippen LogP contribution >= 0.6 is 0 Å². The maximum absolute atomic E-state index is 12.5. The van der Waals surface area contributed by atoms with Crippen LogP contribution in [0.1, 0.15) is 17.0 Å². The number of para-hydroxylation sites is 2. The van der Waals surface area contributed by atoms with Gasteiger partial charge in [0.15, 0.2) is 0 Å². The Kier molecular flexibility index (Phi) is 4.38. The smallest absolute Gasteiger partial charge is 0.344 e. The topological polar surface area (TPSA) is 103 Å². The zero-order chi connectivity index (χ0) is 18.0. The summed E-state index contributed by atoms with van der Waals surface area (Å²) in [5, 5.41) is 22.1. The number of rotatable bonds is 5. The average molecular weight is 341 g/mol. The number of aromatic hydroxyl groups is 1. The van der Waals surface area contributed by atoms with Crippen molar-refractivity contribution < 1.29 is 19.2 Å². The Labute approximate surface area is 142 Å². The van der Waals surface area contributed by atoms with Crippen LogP contribution in [0.15, 0.2) is 57.7 Å². The zero-order valence-corrected chi connectivity index (χ0v) is 13.3. The molecule has 0 radical (unpaired) electrons. The van der Waals surface area contributed by atoms with E-state index in [-0.39, 0.29) is 16.9 Å². The molecule has 0 unspecified atom stereocenters. The number of nitrogens with zero attached hydrogens (tertiary/aromatic N) is 1. The monoisotopic (exact) mass is 341 g/mol. The van der Waals surface area contributed by atoms with Gasteiger partial charge in [0.25, 0.3) is 0 Å². The molecule has 2 aromatic carbocycles. The quantitative estimate of drug-likeness (QED) is 0.435. The van der Waals surface area contributed by atoms with Crippen LogP contribution in [0.4, 0.5) is 0 Å². The summed E-state index contributed by atoms with van der Waals surface area (Å²) in [7, 11) is 1.44. The van der Waals surface area contributed by atoms with Crippen molar-refractivity contribution in [1.29, 1.82) is 0 Å². The molecule has 0 saturated carbocycles. The van der Waals surface area contributed by atoms with E-state index in [0.29, 0.717) is 16.7 Å². The lowest BCUT2D eigenvalue weighted by Gasteiger charge is -2.17. The van der Waals surface area contributed by atoms with Gasteiger partial charge in [0, 0.05) is 10.5 Å². The molecular formula is C18H15NO6. The number of fused-ring (bicyclic) bond motifs is 1. The molecule has 0 aliphatic carbocycles. The lowest BCUT2D eigenvalue weighted by Crippen LogP contribution is -2.21. The second-order valence-corrected chi connectivity index (χ2v) is 5.46. The van der Waals surface area contributed by atoms with Gasteiger partial charge in [-0.25, -0.2) is 4.79 Å². The van der Waals surface area contributed by atoms with Crippen LogP contribution in [0, 0.1) is 10.1 Å². The van der Waals surface area contributed by atoms with E-state index in [2.05, 4.69) is 0 Å². The van der Waals surface area contributed by atoms with Crippen LogP contribution < -0.4 is 10.4 Å². The number of methoxy groups -OCH3 is 1. The number of ether oxygens (including phenoxy) is 1. The highest BCUT2D eigenvalue weighted by atomic mass is 16.6. The van der Waals surface area contributed by atoms with Crippen LogP contribution in [0.5, 0.6) is 11.5 Å². The fourth-order valence-corrected chi connectivity index (χ4v) is 2.90. The zero-order valence-electron chi connectivity index (χ0n) is 13.3. The maximum atomic E-state index is 12.5. The standard InChI is InChI=1S/C18H15NO6/c1-24-14-8-4-2-6-11(14)13(10-19(22)23)16-17(20)12-7-3-5-9-15(12)25-18(16)21/h2-9,13,20H,10H2,1H3/t13-/m0/s1. The predicted octanol–water partition coefficient (Wildman–Crippen LogP) is 2.92. The molecule has 0 aliphatic rings. The van der Waals surface area contributed by atoms with Gasteiger partial charge in [-0.15, -0.1) is 0 Å². The number of benzene rings is 2. The minimum Gasteiger partial charge on any atom is -0.507 e. The minimum atomic E-state index is -1.01. The third-order valence-electron chi connectivity index (χ3n) is 4.01. The Hall–Kier alpha value is -3.35. The third-order valence-corrected chi connectivity index (χ3v) is 4.01. The van der Waals surface area contributed by atoms with Crippen molar-refractivity contribution in [2.24, 2.45) is 0 Å². The molecule has 25 heavy (non-hydrogen) atoms. The van der Waals surface area contributed by atoms with Gasteiger partial charge in [0.05, 0.1) is 24.0 Å². The third kappa shape index (κ3) is 3.03. The molecule has 0 aliphatic heterocycles. The summed E-state index contributed by atoms with van der Waals surface area (Å²) < 4.78 is 10.5. The van der Waals surface area contributed by atoms with E-state index < -0.39 is 23.0 Å². The van der Waals surface area contributed by atoms with E-state index in [1.807, 2.05) is 0 Å².